The third-order valence-electron chi connectivity index (χ3n) is 4.27. The third kappa shape index (κ3) is 2.21. The number of rotatable bonds is 3. The van der Waals surface area contributed by atoms with E-state index in [1.54, 1.807) is 6.07 Å². The van der Waals surface area contributed by atoms with Crippen molar-refractivity contribution in [2.75, 3.05) is 18.4 Å². The molecule has 3 rings (SSSR count). The first-order valence-corrected chi connectivity index (χ1v) is 6.88. The van der Waals surface area contributed by atoms with E-state index in [1.807, 2.05) is 6.07 Å². The van der Waals surface area contributed by atoms with Crippen molar-refractivity contribution >= 4 is 11.4 Å². The molecule has 2 aliphatic heterocycles. The van der Waals surface area contributed by atoms with Crippen LogP contribution in [0.1, 0.15) is 24.8 Å². The number of hydrogen-bond acceptors (Lipinski definition) is 5. The first kappa shape index (κ1) is 12.9. The second-order valence-electron chi connectivity index (χ2n) is 5.39. The summed E-state index contributed by atoms with van der Waals surface area (Å²) in [4.78, 5) is 13.0. The highest BCUT2D eigenvalue weighted by Gasteiger charge is 2.37. The molecule has 1 aromatic rings. The van der Waals surface area contributed by atoms with Gasteiger partial charge in [-0.1, -0.05) is 0 Å². The maximum atomic E-state index is 11.0. The van der Waals surface area contributed by atoms with E-state index in [9.17, 15) is 10.1 Å². The monoisotopic (exact) mass is 272 g/mol. The molecule has 0 radical (unpaired) electrons. The van der Waals surface area contributed by atoms with E-state index in [2.05, 4.69) is 10.2 Å². The van der Waals surface area contributed by atoms with Crippen LogP contribution in [0.15, 0.2) is 18.2 Å². The zero-order valence-electron chi connectivity index (χ0n) is 11.1. The summed E-state index contributed by atoms with van der Waals surface area (Å²) in [5, 5.41) is 23.3. The van der Waals surface area contributed by atoms with Crippen molar-refractivity contribution in [3.05, 3.63) is 33.9 Å². The van der Waals surface area contributed by atoms with Crippen LogP contribution in [0.2, 0.25) is 0 Å². The number of nitrogens with one attached hydrogen (secondary N) is 1. The van der Waals surface area contributed by atoms with Gasteiger partial charge in [0.1, 0.15) is 11.6 Å². The van der Waals surface area contributed by atoms with Crippen LogP contribution in [0.3, 0.4) is 0 Å². The van der Waals surface area contributed by atoms with Crippen molar-refractivity contribution in [1.82, 2.24) is 4.90 Å². The highest BCUT2D eigenvalue weighted by atomic mass is 16.6. The smallest absolute Gasteiger partial charge is 0.289 e. The van der Waals surface area contributed by atoms with Gasteiger partial charge in [-0.2, -0.15) is 5.26 Å². The molecule has 2 unspecified atom stereocenters. The van der Waals surface area contributed by atoms with E-state index in [-0.39, 0.29) is 11.3 Å². The number of nitriles is 1. The maximum absolute atomic E-state index is 11.0. The van der Waals surface area contributed by atoms with Crippen molar-refractivity contribution < 1.29 is 4.92 Å². The summed E-state index contributed by atoms with van der Waals surface area (Å²) >= 11 is 0. The lowest BCUT2D eigenvalue weighted by molar-refractivity contribution is -0.385. The molecule has 0 amide bonds. The Morgan fingerprint density at radius 1 is 1.40 bits per heavy atom. The van der Waals surface area contributed by atoms with Gasteiger partial charge in [-0.3, -0.25) is 15.0 Å². The van der Waals surface area contributed by atoms with Gasteiger partial charge >= 0.3 is 0 Å². The molecular weight excluding hydrogens is 256 g/mol. The zero-order chi connectivity index (χ0) is 14.1. The normalized spacial score (nSPS) is 25.1. The topological polar surface area (TPSA) is 82.2 Å². The van der Waals surface area contributed by atoms with E-state index in [4.69, 9.17) is 5.26 Å². The minimum Gasteiger partial charge on any atom is -0.380 e. The minimum absolute atomic E-state index is 0.106. The van der Waals surface area contributed by atoms with Crippen molar-refractivity contribution in [1.29, 1.82) is 5.26 Å². The summed E-state index contributed by atoms with van der Waals surface area (Å²) < 4.78 is 0. The number of anilines is 1. The highest BCUT2D eigenvalue weighted by molar-refractivity contribution is 5.59. The van der Waals surface area contributed by atoms with Crippen molar-refractivity contribution in [2.45, 2.75) is 31.3 Å². The van der Waals surface area contributed by atoms with Crippen LogP contribution in [0.4, 0.5) is 11.4 Å². The molecule has 0 saturated carbocycles. The Labute approximate surface area is 117 Å². The number of hydrogen-bond donors (Lipinski definition) is 1. The van der Waals surface area contributed by atoms with Crippen molar-refractivity contribution in [2.24, 2.45) is 0 Å². The summed E-state index contributed by atoms with van der Waals surface area (Å²) in [5.41, 5.74) is 0.711. The predicted molar refractivity (Wildman–Crippen MR) is 74.4 cm³/mol. The molecule has 0 aromatic heterocycles. The lowest BCUT2D eigenvalue weighted by atomic mass is 10.1. The Hall–Kier alpha value is -2.13. The van der Waals surface area contributed by atoms with Crippen molar-refractivity contribution in [3.8, 4) is 6.07 Å². The second kappa shape index (κ2) is 5.10. The fourth-order valence-electron chi connectivity index (χ4n) is 3.33. The Kier molecular flexibility index (Phi) is 3.28. The molecule has 2 heterocycles. The van der Waals surface area contributed by atoms with Crippen LogP contribution in [-0.2, 0) is 0 Å². The Morgan fingerprint density at radius 3 is 3.00 bits per heavy atom. The summed E-state index contributed by atoms with van der Waals surface area (Å²) in [6.45, 7) is 2.26. The fourth-order valence-corrected chi connectivity index (χ4v) is 3.33. The van der Waals surface area contributed by atoms with Gasteiger partial charge in [-0.15, -0.1) is 0 Å². The lowest BCUT2D eigenvalue weighted by Gasteiger charge is -2.22. The van der Waals surface area contributed by atoms with Gasteiger partial charge in [0, 0.05) is 30.4 Å². The van der Waals surface area contributed by atoms with Gasteiger partial charge < -0.3 is 5.32 Å². The first-order valence-electron chi connectivity index (χ1n) is 6.88. The molecule has 104 valence electrons. The van der Waals surface area contributed by atoms with Gasteiger partial charge in [-0.05, 0) is 37.9 Å². The van der Waals surface area contributed by atoms with Gasteiger partial charge in [-0.25, -0.2) is 0 Å². The van der Waals surface area contributed by atoms with Gasteiger partial charge in [0.15, 0.2) is 0 Å². The van der Waals surface area contributed by atoms with Crippen LogP contribution in [0.25, 0.3) is 0 Å². The molecule has 0 aliphatic carbocycles. The second-order valence-corrected chi connectivity index (χ2v) is 5.39. The van der Waals surface area contributed by atoms with E-state index in [0.717, 1.165) is 25.2 Å². The van der Waals surface area contributed by atoms with E-state index in [0.29, 0.717) is 12.1 Å². The summed E-state index contributed by atoms with van der Waals surface area (Å²) in [6, 6.07) is 7.49. The Bertz CT molecular complexity index is 581. The van der Waals surface area contributed by atoms with Gasteiger partial charge in [0.2, 0.25) is 0 Å². The summed E-state index contributed by atoms with van der Waals surface area (Å²) in [5.74, 6) is 0. The third-order valence-corrected chi connectivity index (χ3v) is 4.27. The van der Waals surface area contributed by atoms with Gasteiger partial charge in [0.25, 0.3) is 5.69 Å². The van der Waals surface area contributed by atoms with Crippen LogP contribution in [0.5, 0.6) is 0 Å². The zero-order valence-corrected chi connectivity index (χ0v) is 11.1. The number of fused-ring (bicyclic) bond motifs is 1. The molecule has 0 spiro atoms. The number of benzene rings is 1. The van der Waals surface area contributed by atoms with Crippen LogP contribution in [0, 0.1) is 21.4 Å². The van der Waals surface area contributed by atoms with Gasteiger partial charge in [0.05, 0.1) is 4.92 Å². The molecule has 2 saturated heterocycles. The standard InChI is InChI=1S/C14H16N4O2/c15-9-10-3-4-11(8-14(10)18(19)20)16-12-5-7-17-6-1-2-13(12)17/h3-4,8,12-13,16H,1-2,5-7H2. The molecule has 6 heteroatoms. The molecule has 2 atom stereocenters. The fraction of sp³-hybridized carbons (Fsp3) is 0.500. The molecule has 6 nitrogen and oxygen atoms in total. The predicted octanol–water partition coefficient (Wildman–Crippen LogP) is 2.12. The van der Waals surface area contributed by atoms with Crippen molar-refractivity contribution in [3.63, 3.8) is 0 Å². The maximum Gasteiger partial charge on any atom is 0.289 e. The Balaban J connectivity index is 1.80. The highest BCUT2D eigenvalue weighted by Crippen LogP contribution is 2.31. The number of nitro groups is 1. The summed E-state index contributed by atoms with van der Waals surface area (Å²) in [7, 11) is 0. The van der Waals surface area contributed by atoms with Crippen LogP contribution in [-0.4, -0.2) is 35.0 Å². The molecule has 20 heavy (non-hydrogen) atoms. The van der Waals surface area contributed by atoms with E-state index >= 15 is 0 Å². The lowest BCUT2D eigenvalue weighted by Crippen LogP contribution is -2.33. The number of nitro benzene ring substituents is 1. The summed E-state index contributed by atoms with van der Waals surface area (Å²) in [6.07, 6.45) is 3.49. The van der Waals surface area contributed by atoms with Crippen LogP contribution < -0.4 is 5.32 Å². The molecule has 2 aliphatic rings. The first-order chi connectivity index (χ1) is 9.69. The Morgan fingerprint density at radius 2 is 2.25 bits per heavy atom. The minimum atomic E-state index is -0.500. The van der Waals surface area contributed by atoms with E-state index < -0.39 is 4.92 Å². The largest absolute Gasteiger partial charge is 0.380 e. The molecule has 0 bridgehead atoms. The number of nitrogens with zero attached hydrogens (tertiary/aromatic N) is 3. The van der Waals surface area contributed by atoms with Crippen LogP contribution >= 0.6 is 0 Å². The molecule has 1 N–H and O–H groups in total. The SMILES string of the molecule is N#Cc1ccc(NC2CCN3CCCC23)cc1[N+](=O)[O-]. The molecule has 2 fully saturated rings. The van der Waals surface area contributed by atoms with E-state index in [1.165, 1.54) is 25.0 Å². The average Bonchev–Trinajstić information content (AvgIpc) is 3.03. The molecule has 1 aromatic carbocycles. The quantitative estimate of drug-likeness (QED) is 0.673. The molecular formula is C14H16N4O2. The average molecular weight is 272 g/mol.